The molecule has 2 aliphatic rings. The summed E-state index contributed by atoms with van der Waals surface area (Å²) in [5.41, 5.74) is 2.57. The summed E-state index contributed by atoms with van der Waals surface area (Å²) in [7, 11) is 0. The standard InChI is InChI=1S/C23H23FN4O/c1-14-10-17(6-7-20(14)24)28-9-8-16(13-28)26-23(29)19-11-18(19)22-25-12-15-4-2-3-5-21(15)27-22/h2-7,10,12,16,18-19H,8-9,11,13H2,1H3,(H,26,29)/t16-,18+,19+/m1/s1. The largest absolute Gasteiger partial charge is 0.369 e. The molecule has 5 nitrogen and oxygen atoms in total. The molecule has 0 bridgehead atoms. The average Bonchev–Trinajstić information content (AvgIpc) is 3.41. The van der Waals surface area contributed by atoms with Crippen LogP contribution in [-0.2, 0) is 4.79 Å². The number of nitrogens with one attached hydrogen (secondary N) is 1. The first kappa shape index (κ1) is 18.0. The molecule has 3 aromatic rings. The second-order valence-corrected chi connectivity index (χ2v) is 8.11. The highest BCUT2D eigenvalue weighted by Crippen LogP contribution is 2.46. The second kappa shape index (κ2) is 7.10. The molecule has 1 aromatic heterocycles. The van der Waals surface area contributed by atoms with Gasteiger partial charge < -0.3 is 10.2 Å². The van der Waals surface area contributed by atoms with Crippen molar-refractivity contribution in [3.05, 3.63) is 65.9 Å². The van der Waals surface area contributed by atoms with Gasteiger partial charge in [-0.05, 0) is 49.6 Å². The molecule has 0 spiro atoms. The van der Waals surface area contributed by atoms with Gasteiger partial charge in [0.15, 0.2) is 0 Å². The van der Waals surface area contributed by atoms with Crippen LogP contribution in [0.15, 0.2) is 48.7 Å². The number of amides is 1. The number of aryl methyl sites for hydroxylation is 1. The Hall–Kier alpha value is -3.02. The Morgan fingerprint density at radius 3 is 2.97 bits per heavy atom. The summed E-state index contributed by atoms with van der Waals surface area (Å²) in [6.45, 7) is 3.38. The van der Waals surface area contributed by atoms with Gasteiger partial charge in [-0.25, -0.2) is 14.4 Å². The van der Waals surface area contributed by atoms with Gasteiger partial charge in [0, 0.05) is 48.2 Å². The van der Waals surface area contributed by atoms with Gasteiger partial charge in [-0.15, -0.1) is 0 Å². The highest BCUT2D eigenvalue weighted by atomic mass is 19.1. The quantitative estimate of drug-likeness (QED) is 0.740. The zero-order valence-corrected chi connectivity index (χ0v) is 16.3. The number of anilines is 1. The monoisotopic (exact) mass is 390 g/mol. The third-order valence-electron chi connectivity index (χ3n) is 6.01. The van der Waals surface area contributed by atoms with E-state index >= 15 is 0 Å². The number of nitrogens with zero attached hydrogens (tertiary/aromatic N) is 3. The summed E-state index contributed by atoms with van der Waals surface area (Å²) in [5.74, 6) is 0.733. The van der Waals surface area contributed by atoms with Crippen LogP contribution in [0.2, 0.25) is 0 Å². The first-order chi connectivity index (χ1) is 14.1. The predicted octanol–water partition coefficient (Wildman–Crippen LogP) is 3.58. The summed E-state index contributed by atoms with van der Waals surface area (Å²) in [6, 6.07) is 13.2. The molecule has 1 amide bonds. The predicted molar refractivity (Wildman–Crippen MR) is 110 cm³/mol. The molecule has 0 unspecified atom stereocenters. The van der Waals surface area contributed by atoms with Crippen LogP contribution in [0.4, 0.5) is 10.1 Å². The molecule has 148 valence electrons. The number of hydrogen-bond donors (Lipinski definition) is 1. The minimum Gasteiger partial charge on any atom is -0.369 e. The molecule has 0 radical (unpaired) electrons. The number of carbonyl (C=O) groups is 1. The van der Waals surface area contributed by atoms with Crippen molar-refractivity contribution >= 4 is 22.5 Å². The van der Waals surface area contributed by atoms with Gasteiger partial charge in [0.2, 0.25) is 5.91 Å². The third-order valence-corrected chi connectivity index (χ3v) is 6.01. The topological polar surface area (TPSA) is 58.1 Å². The number of carbonyl (C=O) groups excluding carboxylic acids is 1. The number of aromatic nitrogens is 2. The number of halogens is 1. The van der Waals surface area contributed by atoms with Crippen LogP contribution in [0.3, 0.4) is 0 Å². The molecule has 5 rings (SSSR count). The number of rotatable bonds is 4. The summed E-state index contributed by atoms with van der Waals surface area (Å²) in [4.78, 5) is 24.0. The van der Waals surface area contributed by atoms with Gasteiger partial charge in [-0.3, -0.25) is 4.79 Å². The highest BCUT2D eigenvalue weighted by molar-refractivity contribution is 5.83. The Bertz CT molecular complexity index is 1090. The fourth-order valence-corrected chi connectivity index (χ4v) is 4.18. The Labute approximate surface area is 169 Å². The molecule has 6 heteroatoms. The Balaban J connectivity index is 1.20. The number of para-hydroxylation sites is 1. The number of hydrogen-bond acceptors (Lipinski definition) is 4. The first-order valence-electron chi connectivity index (χ1n) is 10.1. The van der Waals surface area contributed by atoms with E-state index in [9.17, 15) is 9.18 Å². The highest BCUT2D eigenvalue weighted by Gasteiger charge is 2.46. The van der Waals surface area contributed by atoms with Crippen LogP contribution < -0.4 is 10.2 Å². The van der Waals surface area contributed by atoms with Gasteiger partial charge in [0.05, 0.1) is 5.52 Å². The summed E-state index contributed by atoms with van der Waals surface area (Å²) >= 11 is 0. The van der Waals surface area contributed by atoms with Crippen molar-refractivity contribution in [1.29, 1.82) is 0 Å². The van der Waals surface area contributed by atoms with Gasteiger partial charge >= 0.3 is 0 Å². The van der Waals surface area contributed by atoms with E-state index in [1.165, 1.54) is 6.07 Å². The van der Waals surface area contributed by atoms with Crippen LogP contribution in [0, 0.1) is 18.7 Å². The Morgan fingerprint density at radius 1 is 1.24 bits per heavy atom. The molecule has 2 heterocycles. The maximum absolute atomic E-state index is 13.5. The zero-order chi connectivity index (χ0) is 20.0. The van der Waals surface area contributed by atoms with E-state index in [1.54, 1.807) is 13.0 Å². The van der Waals surface area contributed by atoms with E-state index in [2.05, 4.69) is 20.2 Å². The van der Waals surface area contributed by atoms with Crippen LogP contribution in [0.25, 0.3) is 10.9 Å². The van der Waals surface area contributed by atoms with Crippen molar-refractivity contribution in [2.75, 3.05) is 18.0 Å². The summed E-state index contributed by atoms with van der Waals surface area (Å²) < 4.78 is 13.5. The fraction of sp³-hybridized carbons (Fsp3) is 0.348. The second-order valence-electron chi connectivity index (χ2n) is 8.11. The number of benzene rings is 2. The van der Waals surface area contributed by atoms with Crippen molar-refractivity contribution in [2.45, 2.75) is 31.7 Å². The normalized spacial score (nSPS) is 23.4. The lowest BCUT2D eigenvalue weighted by Gasteiger charge is -2.19. The number of fused-ring (bicyclic) bond motifs is 1. The molecule has 3 atom stereocenters. The molecule has 1 aliphatic heterocycles. The summed E-state index contributed by atoms with van der Waals surface area (Å²) in [5, 5.41) is 4.21. The fourth-order valence-electron chi connectivity index (χ4n) is 4.18. The molecule has 1 saturated heterocycles. The third kappa shape index (κ3) is 3.55. The van der Waals surface area contributed by atoms with E-state index in [1.807, 2.05) is 36.5 Å². The van der Waals surface area contributed by atoms with E-state index < -0.39 is 0 Å². The van der Waals surface area contributed by atoms with Crippen LogP contribution >= 0.6 is 0 Å². The Morgan fingerprint density at radius 2 is 2.10 bits per heavy atom. The average molecular weight is 390 g/mol. The molecule has 2 aromatic carbocycles. The van der Waals surface area contributed by atoms with Crippen LogP contribution in [0.5, 0.6) is 0 Å². The van der Waals surface area contributed by atoms with Crippen molar-refractivity contribution in [1.82, 2.24) is 15.3 Å². The zero-order valence-electron chi connectivity index (χ0n) is 16.3. The molecular formula is C23H23FN4O. The maximum atomic E-state index is 13.5. The van der Waals surface area contributed by atoms with Crippen LogP contribution in [0.1, 0.15) is 30.1 Å². The lowest BCUT2D eigenvalue weighted by atomic mass is 10.2. The van der Waals surface area contributed by atoms with Crippen molar-refractivity contribution in [3.63, 3.8) is 0 Å². The minimum atomic E-state index is -0.187. The first-order valence-corrected chi connectivity index (χ1v) is 10.1. The molecule has 1 saturated carbocycles. The smallest absolute Gasteiger partial charge is 0.224 e. The molecule has 29 heavy (non-hydrogen) atoms. The SMILES string of the molecule is Cc1cc(N2CC[C@@H](NC(=O)[C@H]3C[C@@H]3c3ncc4ccccc4n3)C2)ccc1F. The van der Waals surface area contributed by atoms with E-state index in [4.69, 9.17) is 0 Å². The molecular weight excluding hydrogens is 367 g/mol. The molecule has 2 fully saturated rings. The summed E-state index contributed by atoms with van der Waals surface area (Å²) in [6.07, 6.45) is 3.54. The lowest BCUT2D eigenvalue weighted by Crippen LogP contribution is -2.38. The molecule has 1 aliphatic carbocycles. The van der Waals surface area contributed by atoms with Crippen molar-refractivity contribution < 1.29 is 9.18 Å². The minimum absolute atomic E-state index is 0.0433. The van der Waals surface area contributed by atoms with Crippen molar-refractivity contribution in [2.24, 2.45) is 5.92 Å². The van der Waals surface area contributed by atoms with Gasteiger partial charge in [0.25, 0.3) is 0 Å². The maximum Gasteiger partial charge on any atom is 0.224 e. The van der Waals surface area contributed by atoms with Gasteiger partial charge in [0.1, 0.15) is 11.6 Å². The van der Waals surface area contributed by atoms with Gasteiger partial charge in [-0.1, -0.05) is 18.2 Å². The van der Waals surface area contributed by atoms with Gasteiger partial charge in [-0.2, -0.15) is 0 Å². The van der Waals surface area contributed by atoms with Crippen LogP contribution in [-0.4, -0.2) is 35.0 Å². The Kier molecular flexibility index (Phi) is 4.42. The van der Waals surface area contributed by atoms with E-state index in [-0.39, 0.29) is 29.6 Å². The van der Waals surface area contributed by atoms with E-state index in [0.717, 1.165) is 48.3 Å². The van der Waals surface area contributed by atoms with E-state index in [0.29, 0.717) is 5.56 Å². The van der Waals surface area contributed by atoms with Crippen molar-refractivity contribution in [3.8, 4) is 0 Å². The lowest BCUT2D eigenvalue weighted by molar-refractivity contribution is -0.123. The molecule has 1 N–H and O–H groups in total.